The average Bonchev–Trinajstić information content (AvgIpc) is 2.95. The third-order valence-corrected chi connectivity index (χ3v) is 4.40. The number of anilines is 1. The van der Waals surface area contributed by atoms with Crippen molar-refractivity contribution in [2.45, 2.75) is 13.8 Å². The van der Waals surface area contributed by atoms with Crippen LogP contribution in [-0.4, -0.2) is 38.1 Å². The van der Waals surface area contributed by atoms with E-state index in [1.807, 2.05) is 38.1 Å². The van der Waals surface area contributed by atoms with Gasteiger partial charge in [-0.15, -0.1) is 5.10 Å². The van der Waals surface area contributed by atoms with E-state index < -0.39 is 0 Å². The number of likely N-dealkylation sites (N-methyl/N-ethyl adjacent to an activating group) is 1. The van der Waals surface area contributed by atoms with Crippen LogP contribution in [0.1, 0.15) is 25.0 Å². The van der Waals surface area contributed by atoms with Crippen molar-refractivity contribution in [1.82, 2.24) is 0 Å². The molecule has 1 aliphatic rings. The molecule has 27 heavy (non-hydrogen) atoms. The van der Waals surface area contributed by atoms with Crippen LogP contribution in [0.2, 0.25) is 5.02 Å². The van der Waals surface area contributed by atoms with Gasteiger partial charge in [0.1, 0.15) is 0 Å². The van der Waals surface area contributed by atoms with Gasteiger partial charge in [-0.2, -0.15) is 5.10 Å². The van der Waals surface area contributed by atoms with E-state index in [4.69, 9.17) is 21.1 Å². The van der Waals surface area contributed by atoms with Crippen molar-refractivity contribution < 1.29 is 14.3 Å². The van der Waals surface area contributed by atoms with Gasteiger partial charge in [0, 0.05) is 17.7 Å². The number of amides is 1. The quantitative estimate of drug-likeness (QED) is 0.559. The van der Waals surface area contributed by atoms with Crippen LogP contribution >= 0.6 is 11.6 Å². The van der Waals surface area contributed by atoms with E-state index in [1.54, 1.807) is 24.1 Å². The molecular weight excluding hydrogens is 366 g/mol. The van der Waals surface area contributed by atoms with Gasteiger partial charge < -0.3 is 14.4 Å². The van der Waals surface area contributed by atoms with Crippen LogP contribution in [0.15, 0.2) is 46.6 Å². The Balaban J connectivity index is 1.91. The van der Waals surface area contributed by atoms with E-state index in [0.29, 0.717) is 40.9 Å². The molecular formula is C20H20ClN3O3. The molecule has 2 aromatic carbocycles. The second-order valence-corrected chi connectivity index (χ2v) is 6.13. The number of benzene rings is 2. The summed E-state index contributed by atoms with van der Waals surface area (Å²) in [5.74, 6) is 0.847. The Hall–Kier alpha value is -2.86. The highest BCUT2D eigenvalue weighted by atomic mass is 35.5. The lowest BCUT2D eigenvalue weighted by molar-refractivity contribution is -0.112. The van der Waals surface area contributed by atoms with Crippen molar-refractivity contribution >= 4 is 35.1 Å². The number of ether oxygens (including phenoxy) is 2. The van der Waals surface area contributed by atoms with Crippen molar-refractivity contribution in [3.8, 4) is 11.5 Å². The minimum atomic E-state index is -0.154. The molecule has 0 saturated carbocycles. The lowest BCUT2D eigenvalue weighted by Gasteiger charge is -2.12. The summed E-state index contributed by atoms with van der Waals surface area (Å²) in [6, 6.07) is 11.0. The van der Waals surface area contributed by atoms with E-state index in [9.17, 15) is 4.79 Å². The monoisotopic (exact) mass is 385 g/mol. The number of carbonyl (C=O) groups is 1. The number of nitrogens with zero attached hydrogens (tertiary/aromatic N) is 3. The SMILES string of the molecule is CCOc1c(Cl)cc(/C=N\N=C2/C(=O)N(CC)c3ccccc32)cc1OC. The lowest BCUT2D eigenvalue weighted by atomic mass is 10.1. The zero-order valence-corrected chi connectivity index (χ0v) is 16.2. The molecule has 6 nitrogen and oxygen atoms in total. The maximum Gasteiger partial charge on any atom is 0.279 e. The van der Waals surface area contributed by atoms with E-state index in [0.717, 1.165) is 11.3 Å². The van der Waals surface area contributed by atoms with Gasteiger partial charge in [0.15, 0.2) is 17.2 Å². The van der Waals surface area contributed by atoms with Crippen molar-refractivity contribution in [2.75, 3.05) is 25.2 Å². The maximum atomic E-state index is 12.6. The van der Waals surface area contributed by atoms with Gasteiger partial charge in [-0.05, 0) is 32.0 Å². The molecule has 1 aliphatic heterocycles. The predicted molar refractivity (Wildman–Crippen MR) is 108 cm³/mol. The summed E-state index contributed by atoms with van der Waals surface area (Å²) < 4.78 is 10.8. The third-order valence-electron chi connectivity index (χ3n) is 4.12. The van der Waals surface area contributed by atoms with Crippen LogP contribution in [0.25, 0.3) is 0 Å². The first kappa shape index (κ1) is 18.9. The van der Waals surface area contributed by atoms with Crippen molar-refractivity contribution in [3.63, 3.8) is 0 Å². The van der Waals surface area contributed by atoms with Gasteiger partial charge >= 0.3 is 0 Å². The van der Waals surface area contributed by atoms with E-state index in [-0.39, 0.29) is 5.91 Å². The molecule has 0 aromatic heterocycles. The molecule has 1 heterocycles. The Labute approximate surface area is 163 Å². The minimum absolute atomic E-state index is 0.154. The van der Waals surface area contributed by atoms with Crippen LogP contribution in [0.5, 0.6) is 11.5 Å². The molecule has 2 aromatic rings. The summed E-state index contributed by atoms with van der Waals surface area (Å²) in [5, 5.41) is 8.68. The lowest BCUT2D eigenvalue weighted by Crippen LogP contribution is -2.29. The summed E-state index contributed by atoms with van der Waals surface area (Å²) in [6.07, 6.45) is 1.53. The Morgan fingerprint density at radius 2 is 2.00 bits per heavy atom. The van der Waals surface area contributed by atoms with Crippen molar-refractivity contribution in [1.29, 1.82) is 0 Å². The maximum absolute atomic E-state index is 12.6. The highest BCUT2D eigenvalue weighted by molar-refractivity contribution is 6.54. The molecule has 0 bridgehead atoms. The summed E-state index contributed by atoms with van der Waals surface area (Å²) in [5.41, 5.74) is 2.65. The standard InChI is InChI=1S/C20H20ClN3O3/c1-4-24-16-9-7-6-8-14(16)18(20(24)25)23-22-12-13-10-15(21)19(27-5-2)17(11-13)26-3/h6-12H,4-5H2,1-3H3/b22-12-,23-18-. The van der Waals surface area contributed by atoms with Crippen LogP contribution in [0.4, 0.5) is 5.69 Å². The summed E-state index contributed by atoms with van der Waals surface area (Å²) >= 11 is 6.26. The number of halogens is 1. The average molecular weight is 386 g/mol. The first-order valence-electron chi connectivity index (χ1n) is 8.63. The van der Waals surface area contributed by atoms with Gasteiger partial charge in [0.2, 0.25) is 0 Å². The number of para-hydroxylation sites is 1. The van der Waals surface area contributed by atoms with Crippen LogP contribution in [0, 0.1) is 0 Å². The van der Waals surface area contributed by atoms with Crippen LogP contribution in [0.3, 0.4) is 0 Å². The van der Waals surface area contributed by atoms with E-state index in [1.165, 1.54) is 6.21 Å². The van der Waals surface area contributed by atoms with Gasteiger partial charge in [-0.3, -0.25) is 4.79 Å². The summed E-state index contributed by atoms with van der Waals surface area (Å²) in [7, 11) is 1.54. The van der Waals surface area contributed by atoms with Gasteiger partial charge in [-0.25, -0.2) is 0 Å². The number of methoxy groups -OCH3 is 1. The first-order chi connectivity index (χ1) is 13.1. The highest BCUT2D eigenvalue weighted by Crippen LogP contribution is 2.36. The zero-order valence-electron chi connectivity index (χ0n) is 15.4. The number of fused-ring (bicyclic) bond motifs is 1. The molecule has 0 atom stereocenters. The molecule has 0 saturated heterocycles. The number of carbonyl (C=O) groups excluding carboxylic acids is 1. The topological polar surface area (TPSA) is 63.5 Å². The molecule has 3 rings (SSSR count). The fourth-order valence-corrected chi connectivity index (χ4v) is 3.20. The third kappa shape index (κ3) is 3.66. The fourth-order valence-electron chi connectivity index (χ4n) is 2.92. The Morgan fingerprint density at radius 1 is 1.22 bits per heavy atom. The number of hydrogen-bond acceptors (Lipinski definition) is 5. The largest absolute Gasteiger partial charge is 0.493 e. The molecule has 0 radical (unpaired) electrons. The fraction of sp³-hybridized carbons (Fsp3) is 0.250. The highest BCUT2D eigenvalue weighted by Gasteiger charge is 2.32. The summed E-state index contributed by atoms with van der Waals surface area (Å²) in [6.45, 7) is 4.85. The minimum Gasteiger partial charge on any atom is -0.493 e. The molecule has 0 fully saturated rings. The van der Waals surface area contributed by atoms with Crippen molar-refractivity contribution in [3.05, 3.63) is 52.5 Å². The van der Waals surface area contributed by atoms with Gasteiger partial charge in [-0.1, -0.05) is 29.8 Å². The summed E-state index contributed by atoms with van der Waals surface area (Å²) in [4.78, 5) is 14.3. The number of hydrogen-bond donors (Lipinski definition) is 0. The van der Waals surface area contributed by atoms with E-state index in [2.05, 4.69) is 10.2 Å². The Bertz CT molecular complexity index is 925. The van der Waals surface area contributed by atoms with E-state index >= 15 is 0 Å². The molecule has 7 heteroatoms. The number of rotatable bonds is 6. The molecule has 0 unspecified atom stereocenters. The van der Waals surface area contributed by atoms with Crippen LogP contribution in [-0.2, 0) is 4.79 Å². The van der Waals surface area contributed by atoms with Gasteiger partial charge in [0.05, 0.1) is 30.6 Å². The normalized spacial score (nSPS) is 14.9. The molecule has 0 aliphatic carbocycles. The van der Waals surface area contributed by atoms with Crippen molar-refractivity contribution in [2.24, 2.45) is 10.2 Å². The first-order valence-corrected chi connectivity index (χ1v) is 9.01. The smallest absolute Gasteiger partial charge is 0.279 e. The van der Waals surface area contributed by atoms with Gasteiger partial charge in [0.25, 0.3) is 5.91 Å². The zero-order chi connectivity index (χ0) is 19.4. The second kappa shape index (κ2) is 8.22. The molecule has 140 valence electrons. The Morgan fingerprint density at radius 3 is 2.70 bits per heavy atom. The Kier molecular flexibility index (Phi) is 5.76. The van der Waals surface area contributed by atoms with Crippen LogP contribution < -0.4 is 14.4 Å². The molecule has 0 spiro atoms. The predicted octanol–water partition coefficient (Wildman–Crippen LogP) is 3.94. The molecule has 1 amide bonds. The molecule has 0 N–H and O–H groups in total. The second-order valence-electron chi connectivity index (χ2n) is 5.73.